The Hall–Kier alpha value is -1.15. The fraction of sp³-hybridized carbons (Fsp3) is 0.625. The summed E-state index contributed by atoms with van der Waals surface area (Å²) >= 11 is 0. The zero-order valence-corrected chi connectivity index (χ0v) is 15.4. The lowest BCUT2D eigenvalue weighted by molar-refractivity contribution is 0.199. The van der Waals surface area contributed by atoms with Gasteiger partial charge in [-0.2, -0.15) is 0 Å². The van der Waals surface area contributed by atoms with Crippen molar-refractivity contribution in [1.82, 2.24) is 10.0 Å². The Morgan fingerprint density at radius 3 is 2.39 bits per heavy atom. The number of sulfonamides is 1. The van der Waals surface area contributed by atoms with Gasteiger partial charge in [0.05, 0.1) is 18.6 Å². The van der Waals surface area contributed by atoms with Crippen molar-refractivity contribution in [2.24, 2.45) is 0 Å². The molecule has 0 amide bonds. The fourth-order valence-corrected chi connectivity index (χ4v) is 3.54. The molecule has 1 rings (SSSR count). The van der Waals surface area contributed by atoms with E-state index >= 15 is 0 Å². The van der Waals surface area contributed by atoms with Crippen molar-refractivity contribution >= 4 is 10.0 Å². The van der Waals surface area contributed by atoms with Crippen LogP contribution in [0.25, 0.3) is 0 Å². The Morgan fingerprint density at radius 1 is 1.13 bits per heavy atom. The predicted octanol–water partition coefficient (Wildman–Crippen LogP) is 1.64. The molecular formula is C16H28N2O4S. The van der Waals surface area contributed by atoms with Crippen molar-refractivity contribution < 1.29 is 17.9 Å². The third-order valence-corrected chi connectivity index (χ3v) is 5.12. The smallest absolute Gasteiger partial charge is 0.240 e. The van der Waals surface area contributed by atoms with E-state index in [1.54, 1.807) is 33.3 Å². The van der Waals surface area contributed by atoms with Crippen molar-refractivity contribution in [3.63, 3.8) is 0 Å². The molecule has 6 nitrogen and oxygen atoms in total. The largest absolute Gasteiger partial charge is 0.496 e. The molecule has 0 aliphatic carbocycles. The fourth-order valence-electron chi connectivity index (χ4n) is 2.25. The van der Waals surface area contributed by atoms with Crippen LogP contribution in [-0.2, 0) is 14.8 Å². The van der Waals surface area contributed by atoms with Gasteiger partial charge in [-0.05, 0) is 36.1 Å². The molecule has 0 unspecified atom stereocenters. The minimum Gasteiger partial charge on any atom is -0.496 e. The SMILES string of the molecule is COCCNCCNS(=O)(=O)c1cc(C(C)C)c(OC)cc1C. The van der Waals surface area contributed by atoms with E-state index in [-0.39, 0.29) is 5.92 Å². The first-order chi connectivity index (χ1) is 10.8. The molecule has 0 aliphatic rings. The van der Waals surface area contributed by atoms with Crippen molar-refractivity contribution in [3.8, 4) is 5.75 Å². The van der Waals surface area contributed by atoms with Gasteiger partial charge in [0.1, 0.15) is 5.75 Å². The lowest BCUT2D eigenvalue weighted by Gasteiger charge is -2.16. The second kappa shape index (κ2) is 9.22. The molecule has 0 saturated heterocycles. The van der Waals surface area contributed by atoms with Gasteiger partial charge < -0.3 is 14.8 Å². The van der Waals surface area contributed by atoms with Gasteiger partial charge in [-0.25, -0.2) is 13.1 Å². The number of rotatable bonds is 10. The molecule has 0 atom stereocenters. The highest BCUT2D eigenvalue weighted by molar-refractivity contribution is 7.89. The summed E-state index contributed by atoms with van der Waals surface area (Å²) in [6.45, 7) is 7.97. The Balaban J connectivity index is 2.85. The van der Waals surface area contributed by atoms with E-state index < -0.39 is 10.0 Å². The van der Waals surface area contributed by atoms with Crippen LogP contribution in [0.4, 0.5) is 0 Å². The summed E-state index contributed by atoms with van der Waals surface area (Å²) in [6.07, 6.45) is 0. The van der Waals surface area contributed by atoms with E-state index in [4.69, 9.17) is 9.47 Å². The Labute approximate surface area is 139 Å². The number of ether oxygens (including phenoxy) is 2. The molecular weight excluding hydrogens is 316 g/mol. The van der Waals surface area contributed by atoms with Crippen LogP contribution in [0.3, 0.4) is 0 Å². The molecule has 1 aromatic carbocycles. The highest BCUT2D eigenvalue weighted by Gasteiger charge is 2.20. The van der Waals surface area contributed by atoms with Gasteiger partial charge >= 0.3 is 0 Å². The van der Waals surface area contributed by atoms with Crippen molar-refractivity contribution in [1.29, 1.82) is 0 Å². The summed E-state index contributed by atoms with van der Waals surface area (Å²) in [5.74, 6) is 0.896. The van der Waals surface area contributed by atoms with Crippen LogP contribution >= 0.6 is 0 Å². The van der Waals surface area contributed by atoms with Gasteiger partial charge in [0.15, 0.2) is 0 Å². The van der Waals surface area contributed by atoms with Crippen LogP contribution in [0.1, 0.15) is 30.9 Å². The quantitative estimate of drug-likeness (QED) is 0.631. The van der Waals surface area contributed by atoms with Gasteiger partial charge in [-0.3, -0.25) is 0 Å². The first-order valence-corrected chi connectivity index (χ1v) is 9.19. The molecule has 7 heteroatoms. The molecule has 132 valence electrons. The molecule has 1 aromatic rings. The molecule has 0 saturated carbocycles. The molecule has 2 N–H and O–H groups in total. The number of aryl methyl sites for hydroxylation is 1. The van der Waals surface area contributed by atoms with Crippen LogP contribution in [0.5, 0.6) is 5.75 Å². The molecule has 0 fully saturated rings. The first kappa shape index (κ1) is 19.9. The van der Waals surface area contributed by atoms with E-state index in [9.17, 15) is 8.42 Å². The van der Waals surface area contributed by atoms with Crippen molar-refractivity contribution in [3.05, 3.63) is 23.3 Å². The number of hydrogen-bond donors (Lipinski definition) is 2. The minimum atomic E-state index is -3.54. The number of hydrogen-bond acceptors (Lipinski definition) is 5. The van der Waals surface area contributed by atoms with Gasteiger partial charge in [-0.1, -0.05) is 13.8 Å². The number of nitrogens with one attached hydrogen (secondary N) is 2. The van der Waals surface area contributed by atoms with Crippen LogP contribution in [-0.4, -0.2) is 48.9 Å². The zero-order valence-electron chi connectivity index (χ0n) is 14.6. The molecule has 23 heavy (non-hydrogen) atoms. The van der Waals surface area contributed by atoms with Gasteiger partial charge in [0.2, 0.25) is 10.0 Å². The monoisotopic (exact) mass is 344 g/mol. The highest BCUT2D eigenvalue weighted by Crippen LogP contribution is 2.31. The molecule has 0 heterocycles. The maximum absolute atomic E-state index is 12.5. The van der Waals surface area contributed by atoms with E-state index in [1.165, 1.54) is 0 Å². The molecule has 0 radical (unpaired) electrons. The van der Waals surface area contributed by atoms with Crippen LogP contribution in [0.15, 0.2) is 17.0 Å². The summed E-state index contributed by atoms with van der Waals surface area (Å²) in [5, 5.41) is 3.10. The van der Waals surface area contributed by atoms with E-state index in [0.717, 1.165) is 11.3 Å². The van der Waals surface area contributed by atoms with Gasteiger partial charge in [-0.15, -0.1) is 0 Å². The van der Waals surface area contributed by atoms with Crippen molar-refractivity contribution in [2.75, 3.05) is 40.5 Å². The van der Waals surface area contributed by atoms with Crippen LogP contribution in [0, 0.1) is 6.92 Å². The summed E-state index contributed by atoms with van der Waals surface area (Å²) in [4.78, 5) is 0.305. The Kier molecular flexibility index (Phi) is 7.98. The average Bonchev–Trinajstić information content (AvgIpc) is 2.49. The lowest BCUT2D eigenvalue weighted by atomic mass is 10.0. The predicted molar refractivity (Wildman–Crippen MR) is 91.8 cm³/mol. The standard InChI is InChI=1S/C16H28N2O4S/c1-12(2)14-11-16(13(3)10-15(14)22-5)23(19,20)18-7-6-17-8-9-21-4/h10-12,17-18H,6-9H2,1-5H3. The van der Waals surface area contributed by atoms with Crippen LogP contribution in [0.2, 0.25) is 0 Å². The normalized spacial score (nSPS) is 11.9. The third-order valence-electron chi connectivity index (χ3n) is 3.52. The topological polar surface area (TPSA) is 76.7 Å². The number of benzene rings is 1. The first-order valence-electron chi connectivity index (χ1n) is 7.71. The Morgan fingerprint density at radius 2 is 1.83 bits per heavy atom. The van der Waals surface area contributed by atoms with Crippen molar-refractivity contribution in [2.45, 2.75) is 31.6 Å². The second-order valence-electron chi connectivity index (χ2n) is 5.65. The maximum atomic E-state index is 12.5. The van der Waals surface area contributed by atoms with Crippen LogP contribution < -0.4 is 14.8 Å². The third kappa shape index (κ3) is 5.76. The van der Waals surface area contributed by atoms with E-state index in [1.807, 2.05) is 13.8 Å². The lowest BCUT2D eigenvalue weighted by Crippen LogP contribution is -2.33. The highest BCUT2D eigenvalue weighted by atomic mass is 32.2. The van der Waals surface area contributed by atoms with Gasteiger partial charge in [0, 0.05) is 26.7 Å². The number of methoxy groups -OCH3 is 2. The maximum Gasteiger partial charge on any atom is 0.240 e. The Bertz CT molecular complexity index is 600. The average molecular weight is 344 g/mol. The minimum absolute atomic E-state index is 0.176. The summed E-state index contributed by atoms with van der Waals surface area (Å²) < 4.78 is 37.9. The second-order valence-corrected chi connectivity index (χ2v) is 7.39. The van der Waals surface area contributed by atoms with Gasteiger partial charge in [0.25, 0.3) is 0 Å². The summed E-state index contributed by atoms with van der Waals surface area (Å²) in [6, 6.07) is 3.49. The molecule has 0 aromatic heterocycles. The summed E-state index contributed by atoms with van der Waals surface area (Å²) in [5.41, 5.74) is 1.56. The van der Waals surface area contributed by atoms with E-state index in [0.29, 0.717) is 36.7 Å². The molecule has 0 aliphatic heterocycles. The zero-order chi connectivity index (χ0) is 17.5. The molecule has 0 spiro atoms. The summed E-state index contributed by atoms with van der Waals surface area (Å²) in [7, 11) is -0.317. The molecule has 0 bridgehead atoms. The van der Waals surface area contributed by atoms with E-state index in [2.05, 4.69) is 10.0 Å².